The zero-order valence-corrected chi connectivity index (χ0v) is 22.7. The Labute approximate surface area is 225 Å². The van der Waals surface area contributed by atoms with E-state index in [2.05, 4.69) is 37.2 Å². The number of rotatable bonds is 7. The first-order chi connectivity index (χ1) is 17.3. The second-order valence-electron chi connectivity index (χ2n) is 7.85. The summed E-state index contributed by atoms with van der Waals surface area (Å²) >= 11 is 7.02. The summed E-state index contributed by atoms with van der Waals surface area (Å²) in [4.78, 5) is 39.5. The van der Waals surface area contributed by atoms with Gasteiger partial charge in [0.2, 0.25) is 0 Å². The topological polar surface area (TPSA) is 84.9 Å². The number of methoxy groups -OCH3 is 1. The van der Waals surface area contributed by atoms with Gasteiger partial charge in [0, 0.05) is 10.0 Å². The molecule has 4 rings (SSSR count). The number of anilines is 1. The molecule has 1 fully saturated rings. The third kappa shape index (κ3) is 5.22. The molecule has 3 aromatic carbocycles. The van der Waals surface area contributed by atoms with Crippen LogP contribution in [0.1, 0.15) is 23.6 Å². The van der Waals surface area contributed by atoms with Crippen molar-refractivity contribution in [3.05, 3.63) is 91.9 Å². The third-order valence-corrected chi connectivity index (χ3v) is 6.97. The van der Waals surface area contributed by atoms with Gasteiger partial charge >= 0.3 is 6.03 Å². The number of aryl methyl sites for hydroxylation is 1. The number of carbonyl (C=O) groups excluding carboxylic acids is 3. The molecular formula is C27H22Br2N2O5. The maximum atomic E-state index is 13.3. The lowest BCUT2D eigenvalue weighted by atomic mass is 10.0. The van der Waals surface area contributed by atoms with Crippen LogP contribution in [0.15, 0.2) is 75.2 Å². The van der Waals surface area contributed by atoms with Crippen LogP contribution < -0.4 is 19.7 Å². The molecule has 0 bridgehead atoms. The Balaban J connectivity index is 1.67. The van der Waals surface area contributed by atoms with Crippen molar-refractivity contribution in [1.82, 2.24) is 5.32 Å². The molecule has 0 atom stereocenters. The number of barbiturate groups is 1. The highest BCUT2D eigenvalue weighted by Gasteiger charge is 2.37. The number of hydrogen-bond donors (Lipinski definition) is 1. The van der Waals surface area contributed by atoms with Crippen molar-refractivity contribution >= 4 is 61.5 Å². The summed E-state index contributed by atoms with van der Waals surface area (Å²) in [6, 6.07) is 17.4. The van der Waals surface area contributed by atoms with Crippen LogP contribution >= 0.6 is 31.9 Å². The second kappa shape index (κ2) is 11.1. The summed E-state index contributed by atoms with van der Waals surface area (Å²) in [6.07, 6.45) is 2.04. The summed E-state index contributed by atoms with van der Waals surface area (Å²) in [6.45, 7) is 2.22. The number of amides is 4. The Bertz CT molecular complexity index is 1390. The minimum atomic E-state index is -0.780. The van der Waals surface area contributed by atoms with Crippen LogP contribution in [0.5, 0.6) is 11.5 Å². The van der Waals surface area contributed by atoms with E-state index in [-0.39, 0.29) is 5.57 Å². The number of ether oxygens (including phenoxy) is 2. The largest absolute Gasteiger partial charge is 0.493 e. The highest BCUT2D eigenvalue weighted by molar-refractivity contribution is 9.10. The van der Waals surface area contributed by atoms with Crippen molar-refractivity contribution in [2.45, 2.75) is 20.0 Å². The molecule has 0 aromatic heterocycles. The molecule has 36 heavy (non-hydrogen) atoms. The van der Waals surface area contributed by atoms with E-state index in [0.717, 1.165) is 20.5 Å². The van der Waals surface area contributed by atoms with E-state index < -0.39 is 17.8 Å². The molecule has 4 amide bonds. The van der Waals surface area contributed by atoms with E-state index in [0.29, 0.717) is 40.3 Å². The molecule has 0 saturated carbocycles. The molecule has 184 valence electrons. The molecule has 1 heterocycles. The van der Waals surface area contributed by atoms with Gasteiger partial charge in [0.05, 0.1) is 17.3 Å². The van der Waals surface area contributed by atoms with Crippen LogP contribution in [0.2, 0.25) is 0 Å². The van der Waals surface area contributed by atoms with Crippen LogP contribution in [0.25, 0.3) is 6.08 Å². The molecule has 9 heteroatoms. The lowest BCUT2D eigenvalue weighted by Crippen LogP contribution is -2.54. The van der Waals surface area contributed by atoms with Crippen molar-refractivity contribution in [3.63, 3.8) is 0 Å². The Morgan fingerprint density at radius 3 is 2.33 bits per heavy atom. The number of halogens is 2. The average molecular weight is 614 g/mol. The first-order valence-electron chi connectivity index (χ1n) is 11.1. The molecule has 3 aromatic rings. The summed E-state index contributed by atoms with van der Waals surface area (Å²) < 4.78 is 13.0. The molecule has 1 aliphatic heterocycles. The molecule has 0 spiro atoms. The lowest BCUT2D eigenvalue weighted by molar-refractivity contribution is -0.122. The van der Waals surface area contributed by atoms with Crippen LogP contribution in [0, 0.1) is 0 Å². The monoisotopic (exact) mass is 612 g/mol. The summed E-state index contributed by atoms with van der Waals surface area (Å²) in [5.41, 5.74) is 2.56. The smallest absolute Gasteiger partial charge is 0.335 e. The number of urea groups is 1. The standard InChI is InChI=1S/C27H22Br2N2O5/c1-3-17-8-5-7-11-22(17)31-26(33)19(25(32)30-27(31)34)12-16-13-21(29)24(23(14-16)35-2)36-15-18-9-4-6-10-20(18)28/h4-14H,3,15H2,1-2H3,(H,30,32,34)/b19-12-. The van der Waals surface area contributed by atoms with Crippen molar-refractivity contribution < 1.29 is 23.9 Å². The molecule has 7 nitrogen and oxygen atoms in total. The highest BCUT2D eigenvalue weighted by atomic mass is 79.9. The molecule has 1 aliphatic rings. The molecular weight excluding hydrogens is 592 g/mol. The Hall–Kier alpha value is -3.43. The molecule has 1 saturated heterocycles. The molecule has 0 unspecified atom stereocenters. The third-order valence-electron chi connectivity index (χ3n) is 5.61. The van der Waals surface area contributed by atoms with Crippen LogP contribution in [-0.4, -0.2) is 25.0 Å². The van der Waals surface area contributed by atoms with Gasteiger partial charge in [0.1, 0.15) is 12.2 Å². The average Bonchev–Trinajstić information content (AvgIpc) is 2.86. The lowest BCUT2D eigenvalue weighted by Gasteiger charge is -2.28. The minimum Gasteiger partial charge on any atom is -0.493 e. The van der Waals surface area contributed by atoms with Gasteiger partial charge in [-0.05, 0) is 63.8 Å². The fourth-order valence-corrected chi connectivity index (χ4v) is 4.77. The van der Waals surface area contributed by atoms with Gasteiger partial charge in [-0.2, -0.15) is 0 Å². The highest BCUT2D eigenvalue weighted by Crippen LogP contribution is 2.38. The number of hydrogen-bond acceptors (Lipinski definition) is 5. The second-order valence-corrected chi connectivity index (χ2v) is 9.56. The number of nitrogens with one attached hydrogen (secondary N) is 1. The number of benzene rings is 3. The fraction of sp³-hybridized carbons (Fsp3) is 0.148. The van der Waals surface area contributed by atoms with Crippen LogP contribution in [0.4, 0.5) is 10.5 Å². The van der Waals surface area contributed by atoms with Gasteiger partial charge in [0.15, 0.2) is 11.5 Å². The van der Waals surface area contributed by atoms with Crippen LogP contribution in [-0.2, 0) is 22.6 Å². The minimum absolute atomic E-state index is 0.170. The predicted molar refractivity (Wildman–Crippen MR) is 144 cm³/mol. The van der Waals surface area contributed by atoms with Gasteiger partial charge in [-0.25, -0.2) is 9.69 Å². The normalized spacial score (nSPS) is 14.7. The molecule has 0 radical (unpaired) electrons. The summed E-state index contributed by atoms with van der Waals surface area (Å²) in [5.74, 6) is -0.576. The van der Waals surface area contributed by atoms with Crippen molar-refractivity contribution in [1.29, 1.82) is 0 Å². The number of nitrogens with zero attached hydrogens (tertiary/aromatic N) is 1. The zero-order chi connectivity index (χ0) is 25.8. The first kappa shape index (κ1) is 25.7. The van der Waals surface area contributed by atoms with Crippen LogP contribution in [0.3, 0.4) is 0 Å². The van der Waals surface area contributed by atoms with E-state index in [1.54, 1.807) is 24.3 Å². The maximum Gasteiger partial charge on any atom is 0.335 e. The summed E-state index contributed by atoms with van der Waals surface area (Å²) in [5, 5.41) is 2.27. The van der Waals surface area contributed by atoms with E-state index in [1.165, 1.54) is 13.2 Å². The van der Waals surface area contributed by atoms with Gasteiger partial charge in [-0.3, -0.25) is 14.9 Å². The first-order valence-corrected chi connectivity index (χ1v) is 12.7. The van der Waals surface area contributed by atoms with E-state index in [4.69, 9.17) is 9.47 Å². The Morgan fingerprint density at radius 1 is 0.944 bits per heavy atom. The van der Waals surface area contributed by atoms with E-state index >= 15 is 0 Å². The zero-order valence-electron chi connectivity index (χ0n) is 19.5. The van der Waals surface area contributed by atoms with Gasteiger partial charge in [-0.15, -0.1) is 0 Å². The fourth-order valence-electron chi connectivity index (χ4n) is 3.80. The van der Waals surface area contributed by atoms with Gasteiger partial charge < -0.3 is 9.47 Å². The van der Waals surface area contributed by atoms with E-state index in [9.17, 15) is 14.4 Å². The quantitative estimate of drug-likeness (QED) is 0.260. The van der Waals surface area contributed by atoms with Crippen molar-refractivity contribution in [3.8, 4) is 11.5 Å². The maximum absolute atomic E-state index is 13.3. The summed E-state index contributed by atoms with van der Waals surface area (Å²) in [7, 11) is 1.50. The van der Waals surface area contributed by atoms with Crippen molar-refractivity contribution in [2.75, 3.05) is 12.0 Å². The van der Waals surface area contributed by atoms with E-state index in [1.807, 2.05) is 43.3 Å². The van der Waals surface area contributed by atoms with Gasteiger partial charge in [0.25, 0.3) is 11.8 Å². The van der Waals surface area contributed by atoms with Gasteiger partial charge in [-0.1, -0.05) is 59.3 Å². The van der Waals surface area contributed by atoms with Crippen molar-refractivity contribution in [2.24, 2.45) is 0 Å². The Morgan fingerprint density at radius 2 is 1.64 bits per heavy atom. The molecule has 1 N–H and O–H groups in total. The number of para-hydroxylation sites is 1. The predicted octanol–water partition coefficient (Wildman–Crippen LogP) is 6.03. The molecule has 0 aliphatic carbocycles. The SMILES string of the molecule is CCc1ccccc1N1C(=O)NC(=O)/C(=C/c2cc(Br)c(OCc3ccccc3Br)c(OC)c2)C1=O. The number of imide groups is 2. The Kier molecular flexibility index (Phi) is 7.91. The number of carbonyl (C=O) groups is 3.